The van der Waals surface area contributed by atoms with Crippen molar-refractivity contribution in [1.82, 2.24) is 10.1 Å². The molecular weight excluding hydrogens is 206 g/mol. The molecule has 0 aliphatic carbocycles. The van der Waals surface area contributed by atoms with E-state index < -0.39 is 0 Å². The highest BCUT2D eigenvalue weighted by Gasteiger charge is 2.03. The van der Waals surface area contributed by atoms with E-state index in [4.69, 9.17) is 9.26 Å². The molecule has 84 valence electrons. The van der Waals surface area contributed by atoms with E-state index in [-0.39, 0.29) is 0 Å². The molecule has 1 heterocycles. The second-order valence-electron chi connectivity index (χ2n) is 3.18. The van der Waals surface area contributed by atoms with Gasteiger partial charge in [0.2, 0.25) is 0 Å². The molecule has 0 fully saturated rings. The Balaban J connectivity index is 1.80. The van der Waals surface area contributed by atoms with Crippen molar-refractivity contribution in [1.29, 1.82) is 0 Å². The van der Waals surface area contributed by atoms with Crippen molar-refractivity contribution >= 4 is 6.01 Å². The number of para-hydroxylation sites is 1. The zero-order chi connectivity index (χ0) is 11.2. The maximum atomic E-state index is 5.51. The van der Waals surface area contributed by atoms with Crippen LogP contribution in [-0.4, -0.2) is 23.8 Å². The van der Waals surface area contributed by atoms with Crippen LogP contribution >= 0.6 is 0 Å². The lowest BCUT2D eigenvalue weighted by atomic mass is 10.3. The Morgan fingerprint density at radius 2 is 2.12 bits per heavy atom. The monoisotopic (exact) mass is 219 g/mol. The predicted molar refractivity (Wildman–Crippen MR) is 59.5 cm³/mol. The Labute approximate surface area is 93.4 Å². The van der Waals surface area contributed by atoms with Gasteiger partial charge >= 0.3 is 6.01 Å². The Morgan fingerprint density at radius 1 is 1.31 bits per heavy atom. The van der Waals surface area contributed by atoms with E-state index >= 15 is 0 Å². The van der Waals surface area contributed by atoms with Crippen LogP contribution in [0.4, 0.5) is 6.01 Å². The molecule has 0 unspecified atom stereocenters. The summed E-state index contributed by atoms with van der Waals surface area (Å²) in [7, 11) is 1.73. The second kappa shape index (κ2) is 5.16. The highest BCUT2D eigenvalue weighted by atomic mass is 16.5. The van der Waals surface area contributed by atoms with Gasteiger partial charge in [0, 0.05) is 13.5 Å². The van der Waals surface area contributed by atoms with Crippen LogP contribution in [0.3, 0.4) is 0 Å². The number of nitrogens with one attached hydrogen (secondary N) is 1. The first-order valence-electron chi connectivity index (χ1n) is 5.06. The van der Waals surface area contributed by atoms with Gasteiger partial charge in [-0.3, -0.25) is 0 Å². The third-order valence-corrected chi connectivity index (χ3v) is 2.02. The summed E-state index contributed by atoms with van der Waals surface area (Å²) in [5.74, 6) is 1.49. The van der Waals surface area contributed by atoms with Crippen molar-refractivity contribution in [2.24, 2.45) is 0 Å². The molecule has 0 spiro atoms. The number of hydrogen-bond donors (Lipinski definition) is 1. The first-order chi connectivity index (χ1) is 7.88. The van der Waals surface area contributed by atoms with Gasteiger partial charge in [-0.15, -0.1) is 0 Å². The summed E-state index contributed by atoms with van der Waals surface area (Å²) in [6, 6.07) is 10.1. The summed E-state index contributed by atoms with van der Waals surface area (Å²) in [4.78, 5) is 4.09. The molecule has 2 aromatic rings. The number of aromatic nitrogens is 2. The highest BCUT2D eigenvalue weighted by molar-refractivity contribution is 5.21. The molecule has 0 aliphatic rings. The van der Waals surface area contributed by atoms with E-state index in [1.807, 2.05) is 30.3 Å². The van der Waals surface area contributed by atoms with Gasteiger partial charge in [0.25, 0.3) is 0 Å². The largest absolute Gasteiger partial charge is 0.493 e. The average Bonchev–Trinajstić information content (AvgIpc) is 2.78. The van der Waals surface area contributed by atoms with Gasteiger partial charge in [0.05, 0.1) is 6.61 Å². The molecular formula is C11H13N3O2. The number of nitrogens with zero attached hydrogens (tertiary/aromatic N) is 2. The van der Waals surface area contributed by atoms with Crippen LogP contribution in [0, 0.1) is 0 Å². The Kier molecular flexibility index (Phi) is 3.38. The molecule has 1 aromatic heterocycles. The van der Waals surface area contributed by atoms with Gasteiger partial charge in [-0.2, -0.15) is 4.98 Å². The number of anilines is 1. The third-order valence-electron chi connectivity index (χ3n) is 2.02. The SMILES string of the molecule is CNc1nc(CCOc2ccccc2)no1. The fourth-order valence-corrected chi connectivity index (χ4v) is 1.23. The van der Waals surface area contributed by atoms with E-state index in [0.717, 1.165) is 5.75 Å². The van der Waals surface area contributed by atoms with Crippen molar-refractivity contribution < 1.29 is 9.26 Å². The molecule has 0 bridgehead atoms. The molecule has 0 radical (unpaired) electrons. The van der Waals surface area contributed by atoms with Gasteiger partial charge < -0.3 is 14.6 Å². The molecule has 5 nitrogen and oxygen atoms in total. The minimum atomic E-state index is 0.426. The average molecular weight is 219 g/mol. The quantitative estimate of drug-likeness (QED) is 0.829. The normalized spacial score (nSPS) is 10.1. The smallest absolute Gasteiger partial charge is 0.321 e. The minimum Gasteiger partial charge on any atom is -0.493 e. The van der Waals surface area contributed by atoms with Crippen molar-refractivity contribution in [2.45, 2.75) is 6.42 Å². The number of hydrogen-bond acceptors (Lipinski definition) is 5. The van der Waals surface area contributed by atoms with E-state index in [2.05, 4.69) is 15.5 Å². The molecule has 0 aliphatic heterocycles. The summed E-state index contributed by atoms with van der Waals surface area (Å²) >= 11 is 0. The lowest BCUT2D eigenvalue weighted by molar-refractivity contribution is 0.315. The standard InChI is InChI=1S/C11H13N3O2/c1-12-11-13-10(14-16-11)7-8-15-9-5-3-2-4-6-9/h2-6H,7-8H2,1H3,(H,12,13,14). The van der Waals surface area contributed by atoms with Crippen LogP contribution < -0.4 is 10.1 Å². The Bertz CT molecular complexity index is 428. The van der Waals surface area contributed by atoms with E-state index in [1.54, 1.807) is 7.05 Å². The molecule has 16 heavy (non-hydrogen) atoms. The topological polar surface area (TPSA) is 60.2 Å². The van der Waals surface area contributed by atoms with E-state index in [1.165, 1.54) is 0 Å². The molecule has 1 N–H and O–H groups in total. The van der Waals surface area contributed by atoms with Gasteiger partial charge in [-0.05, 0) is 12.1 Å². The van der Waals surface area contributed by atoms with Gasteiger partial charge in [-0.1, -0.05) is 23.4 Å². The van der Waals surface area contributed by atoms with Crippen LogP contribution in [0.25, 0.3) is 0 Å². The first kappa shape index (κ1) is 10.5. The molecule has 2 rings (SSSR count). The summed E-state index contributed by atoms with van der Waals surface area (Å²) < 4.78 is 10.4. The van der Waals surface area contributed by atoms with Gasteiger partial charge in [0.1, 0.15) is 5.75 Å². The summed E-state index contributed by atoms with van der Waals surface area (Å²) in [6.07, 6.45) is 0.625. The van der Waals surface area contributed by atoms with Gasteiger partial charge in [0.15, 0.2) is 5.82 Å². The molecule has 0 saturated heterocycles. The van der Waals surface area contributed by atoms with E-state index in [9.17, 15) is 0 Å². The molecule has 0 saturated carbocycles. The van der Waals surface area contributed by atoms with Gasteiger partial charge in [-0.25, -0.2) is 0 Å². The summed E-state index contributed by atoms with van der Waals surface area (Å²) in [6.45, 7) is 0.534. The maximum Gasteiger partial charge on any atom is 0.321 e. The van der Waals surface area contributed by atoms with Crippen molar-refractivity contribution in [3.8, 4) is 5.75 Å². The highest BCUT2D eigenvalue weighted by Crippen LogP contribution is 2.09. The zero-order valence-corrected chi connectivity index (χ0v) is 9.01. The van der Waals surface area contributed by atoms with E-state index in [0.29, 0.717) is 24.9 Å². The van der Waals surface area contributed by atoms with Crippen molar-refractivity contribution in [3.63, 3.8) is 0 Å². The van der Waals surface area contributed by atoms with Crippen LogP contribution in [0.15, 0.2) is 34.9 Å². The Morgan fingerprint density at radius 3 is 2.81 bits per heavy atom. The molecule has 0 atom stereocenters. The Hall–Kier alpha value is -2.04. The molecule has 0 amide bonds. The second-order valence-corrected chi connectivity index (χ2v) is 3.18. The fourth-order valence-electron chi connectivity index (χ4n) is 1.23. The zero-order valence-electron chi connectivity index (χ0n) is 9.01. The summed E-state index contributed by atoms with van der Waals surface area (Å²) in [5.41, 5.74) is 0. The minimum absolute atomic E-state index is 0.426. The number of ether oxygens (including phenoxy) is 1. The lowest BCUT2D eigenvalue weighted by Gasteiger charge is -2.02. The van der Waals surface area contributed by atoms with Crippen LogP contribution in [0.1, 0.15) is 5.82 Å². The maximum absolute atomic E-state index is 5.51. The van der Waals surface area contributed by atoms with Crippen LogP contribution in [0.5, 0.6) is 5.75 Å². The van der Waals surface area contributed by atoms with Crippen molar-refractivity contribution in [2.75, 3.05) is 19.0 Å². The summed E-state index contributed by atoms with van der Waals surface area (Å²) in [5, 5.41) is 6.56. The molecule has 1 aromatic carbocycles. The third kappa shape index (κ3) is 2.73. The fraction of sp³-hybridized carbons (Fsp3) is 0.273. The predicted octanol–water partition coefficient (Wildman–Crippen LogP) is 1.73. The number of benzene rings is 1. The van der Waals surface area contributed by atoms with Crippen LogP contribution in [-0.2, 0) is 6.42 Å². The first-order valence-corrected chi connectivity index (χ1v) is 5.06. The van der Waals surface area contributed by atoms with Crippen LogP contribution in [0.2, 0.25) is 0 Å². The van der Waals surface area contributed by atoms with Crippen molar-refractivity contribution in [3.05, 3.63) is 36.2 Å². The number of rotatable bonds is 5. The molecule has 5 heteroatoms. The lowest BCUT2D eigenvalue weighted by Crippen LogP contribution is -2.02.